The number of carbonyl (C=O) groups excluding carboxylic acids is 1. The Labute approximate surface area is 232 Å². The highest BCUT2D eigenvalue weighted by Gasteiger charge is 2.17. The Kier molecular flexibility index (Phi) is 6.03. The van der Waals surface area contributed by atoms with Gasteiger partial charge in [0.2, 0.25) is 0 Å². The van der Waals surface area contributed by atoms with Crippen LogP contribution in [-0.2, 0) is 6.54 Å². The summed E-state index contributed by atoms with van der Waals surface area (Å²) in [5.74, 6) is 1.86. The normalized spacial score (nSPS) is 14.0. The molecule has 41 heavy (non-hydrogen) atoms. The smallest absolute Gasteiger partial charge is 0.278 e. The van der Waals surface area contributed by atoms with E-state index in [1.54, 1.807) is 41.1 Å². The largest absolute Gasteiger partial charge is 0.490 e. The summed E-state index contributed by atoms with van der Waals surface area (Å²) in [4.78, 5) is 44.3. The molecule has 2 aliphatic rings. The fraction of sp³-hybridized carbons (Fsp3) is 0.200. The number of hydrogen-bond donors (Lipinski definition) is 1. The molecule has 0 fully saturated rings. The van der Waals surface area contributed by atoms with Gasteiger partial charge in [-0.2, -0.15) is 0 Å². The van der Waals surface area contributed by atoms with Gasteiger partial charge in [0.05, 0.1) is 41.6 Å². The molecule has 0 saturated heterocycles. The van der Waals surface area contributed by atoms with Crippen LogP contribution in [0.4, 0.5) is 0 Å². The minimum absolute atomic E-state index is 0.202. The van der Waals surface area contributed by atoms with Crippen LogP contribution in [0, 0.1) is 0 Å². The number of pyridine rings is 3. The zero-order valence-electron chi connectivity index (χ0n) is 21.8. The van der Waals surface area contributed by atoms with Gasteiger partial charge >= 0.3 is 0 Å². The highest BCUT2D eigenvalue weighted by atomic mass is 16.6. The van der Waals surface area contributed by atoms with Crippen molar-refractivity contribution in [1.82, 2.24) is 14.2 Å². The fourth-order valence-electron chi connectivity index (χ4n) is 4.94. The van der Waals surface area contributed by atoms with Crippen molar-refractivity contribution in [2.24, 2.45) is 0 Å². The second kappa shape index (κ2) is 10.0. The van der Waals surface area contributed by atoms with E-state index in [9.17, 15) is 14.4 Å². The van der Waals surface area contributed by atoms with Crippen LogP contribution in [0.2, 0.25) is 0 Å². The van der Waals surface area contributed by atoms with Gasteiger partial charge in [-0.25, -0.2) is 9.66 Å². The van der Waals surface area contributed by atoms with Crippen LogP contribution in [-0.4, -0.2) is 46.6 Å². The molecule has 11 nitrogen and oxygen atoms in total. The van der Waals surface area contributed by atoms with Crippen molar-refractivity contribution in [3.05, 3.63) is 98.8 Å². The van der Waals surface area contributed by atoms with E-state index < -0.39 is 11.5 Å². The Morgan fingerprint density at radius 1 is 0.732 bits per heavy atom. The summed E-state index contributed by atoms with van der Waals surface area (Å²) >= 11 is 0. The summed E-state index contributed by atoms with van der Waals surface area (Å²) < 4.78 is 25.2. The molecule has 7 rings (SSSR count). The van der Waals surface area contributed by atoms with E-state index in [1.807, 2.05) is 18.2 Å². The van der Waals surface area contributed by atoms with Crippen molar-refractivity contribution in [2.45, 2.75) is 13.0 Å². The Bertz CT molecular complexity index is 1960. The number of benzene rings is 2. The van der Waals surface area contributed by atoms with Gasteiger partial charge in [0.15, 0.2) is 23.0 Å². The average Bonchev–Trinajstić information content (AvgIpc) is 3.24. The molecule has 0 atom stereocenters. The zero-order chi connectivity index (χ0) is 27.9. The maximum Gasteiger partial charge on any atom is 0.278 e. The van der Waals surface area contributed by atoms with Crippen molar-refractivity contribution in [2.75, 3.05) is 31.9 Å². The fourth-order valence-corrected chi connectivity index (χ4v) is 4.94. The van der Waals surface area contributed by atoms with Gasteiger partial charge in [-0.15, -0.1) is 0 Å². The van der Waals surface area contributed by atoms with Crippen LogP contribution >= 0.6 is 0 Å². The lowest BCUT2D eigenvalue weighted by atomic mass is 10.1. The first-order valence-electron chi connectivity index (χ1n) is 13.2. The summed E-state index contributed by atoms with van der Waals surface area (Å²) in [6.07, 6.45) is 3.86. The summed E-state index contributed by atoms with van der Waals surface area (Å²) in [5.41, 5.74) is 3.85. The summed E-state index contributed by atoms with van der Waals surface area (Å²) in [6.45, 7) is 2.30. The maximum absolute atomic E-state index is 13.4. The molecule has 3 aromatic heterocycles. The number of hydrogen-bond acceptors (Lipinski definition) is 8. The summed E-state index contributed by atoms with van der Waals surface area (Å²) in [6, 6.07) is 15.3. The molecule has 206 valence electrons. The van der Waals surface area contributed by atoms with Crippen LogP contribution < -0.4 is 35.5 Å². The quantitative estimate of drug-likeness (QED) is 0.338. The molecular weight excluding hydrogens is 528 g/mol. The highest BCUT2D eigenvalue weighted by molar-refractivity contribution is 6.00. The van der Waals surface area contributed by atoms with E-state index in [1.165, 1.54) is 12.3 Å². The van der Waals surface area contributed by atoms with Crippen molar-refractivity contribution in [1.29, 1.82) is 0 Å². The number of rotatable bonds is 4. The van der Waals surface area contributed by atoms with E-state index in [0.29, 0.717) is 78.0 Å². The lowest BCUT2D eigenvalue weighted by molar-refractivity contribution is 0.101. The van der Waals surface area contributed by atoms with E-state index in [-0.39, 0.29) is 10.9 Å². The average molecular weight is 553 g/mol. The maximum atomic E-state index is 13.4. The molecule has 0 spiro atoms. The van der Waals surface area contributed by atoms with Gasteiger partial charge in [0.25, 0.3) is 17.0 Å². The number of nitrogens with one attached hydrogen (secondary N) is 1. The molecule has 0 radical (unpaired) electrons. The SMILES string of the molecule is O=C(Nn1ccc2nc3ccn(Cc4ccc5c(c4)OCCO5)c(=O)c3cc2c1=O)c1ccc2c(c1)OCCCO2. The van der Waals surface area contributed by atoms with Crippen molar-refractivity contribution >= 4 is 27.7 Å². The molecule has 1 N–H and O–H groups in total. The standard InChI is InChI=1S/C30H24N4O7/c35-28(19-3-5-25-27(15-19)39-11-1-10-38-25)32-34-9-7-23-21(30(34)37)16-20-22(31-23)6-8-33(29(20)36)17-18-2-4-24-26(14-18)41-13-12-40-24/h2-9,14-16H,1,10-13,17H2,(H,32,35). The number of ether oxygens (including phenoxy) is 4. The number of carbonyl (C=O) groups is 1. The predicted octanol–water partition coefficient (Wildman–Crippen LogP) is 3.08. The van der Waals surface area contributed by atoms with Crippen molar-refractivity contribution in [3.8, 4) is 23.0 Å². The van der Waals surface area contributed by atoms with Crippen LogP contribution in [0.15, 0.2) is 76.6 Å². The van der Waals surface area contributed by atoms with E-state index >= 15 is 0 Å². The molecule has 5 aromatic rings. The monoisotopic (exact) mass is 552 g/mol. The zero-order valence-corrected chi connectivity index (χ0v) is 21.8. The molecule has 2 aliphatic heterocycles. The third-order valence-electron chi connectivity index (χ3n) is 7.01. The topological polar surface area (TPSA) is 123 Å². The summed E-state index contributed by atoms with van der Waals surface area (Å²) in [5, 5.41) is 0.495. The molecule has 1 amide bonds. The van der Waals surface area contributed by atoms with Gasteiger partial charge < -0.3 is 23.5 Å². The molecule has 0 aliphatic carbocycles. The minimum atomic E-state index is -0.513. The third kappa shape index (κ3) is 4.61. The molecule has 5 heterocycles. The minimum Gasteiger partial charge on any atom is -0.490 e. The van der Waals surface area contributed by atoms with Gasteiger partial charge in [-0.05, 0) is 54.1 Å². The lowest BCUT2D eigenvalue weighted by Crippen LogP contribution is -2.33. The second-order valence-corrected chi connectivity index (χ2v) is 9.72. The molecule has 0 bridgehead atoms. The second-order valence-electron chi connectivity index (χ2n) is 9.72. The Morgan fingerprint density at radius 3 is 2.22 bits per heavy atom. The third-order valence-corrected chi connectivity index (χ3v) is 7.01. The van der Waals surface area contributed by atoms with Crippen LogP contribution in [0.3, 0.4) is 0 Å². The number of nitrogens with zero attached hydrogens (tertiary/aromatic N) is 3. The van der Waals surface area contributed by atoms with E-state index in [2.05, 4.69) is 10.4 Å². The van der Waals surface area contributed by atoms with Crippen LogP contribution in [0.25, 0.3) is 21.8 Å². The predicted molar refractivity (Wildman–Crippen MR) is 150 cm³/mol. The number of aromatic nitrogens is 3. The Hall–Kier alpha value is -5.32. The van der Waals surface area contributed by atoms with Gasteiger partial charge in [0, 0.05) is 24.4 Å². The van der Waals surface area contributed by atoms with Crippen LogP contribution in [0.5, 0.6) is 23.0 Å². The first-order valence-corrected chi connectivity index (χ1v) is 13.2. The van der Waals surface area contributed by atoms with E-state index in [4.69, 9.17) is 18.9 Å². The first-order chi connectivity index (χ1) is 20.0. The molecular formula is C30H24N4O7. The lowest BCUT2D eigenvalue weighted by Gasteiger charge is -2.19. The van der Waals surface area contributed by atoms with Crippen molar-refractivity contribution in [3.63, 3.8) is 0 Å². The van der Waals surface area contributed by atoms with Gasteiger partial charge in [-0.3, -0.25) is 19.8 Å². The van der Waals surface area contributed by atoms with Gasteiger partial charge in [0.1, 0.15) is 13.2 Å². The molecule has 0 unspecified atom stereocenters. The van der Waals surface area contributed by atoms with E-state index in [0.717, 1.165) is 16.7 Å². The highest BCUT2D eigenvalue weighted by Crippen LogP contribution is 2.31. The summed E-state index contributed by atoms with van der Waals surface area (Å²) in [7, 11) is 0. The first kappa shape index (κ1) is 24.7. The van der Waals surface area contributed by atoms with Crippen LogP contribution in [0.1, 0.15) is 22.3 Å². The molecule has 2 aromatic carbocycles. The molecule has 0 saturated carbocycles. The number of fused-ring (bicyclic) bond motifs is 4. The number of amides is 1. The Morgan fingerprint density at radius 2 is 1.39 bits per heavy atom. The van der Waals surface area contributed by atoms with Crippen molar-refractivity contribution < 1.29 is 23.7 Å². The Balaban J connectivity index is 1.20. The molecule has 11 heteroatoms. The van der Waals surface area contributed by atoms with Gasteiger partial charge in [-0.1, -0.05) is 6.07 Å².